The molecule has 0 saturated carbocycles. The lowest BCUT2D eigenvalue weighted by Crippen LogP contribution is -2.24. The zero-order valence-electron chi connectivity index (χ0n) is 14.9. The molecule has 0 unspecified atom stereocenters. The Labute approximate surface area is 136 Å². The van der Waals surface area contributed by atoms with E-state index in [2.05, 4.69) is 52.8 Å². The Morgan fingerprint density at radius 2 is 1.91 bits per heavy atom. The molecule has 1 N–H and O–H groups in total. The SMILES string of the molecule is C/C1=C\C=C(/C(C)C)[C@@H](O)C[C@]2(C)O[C@H]2CC/C(C)=C/CC1. The molecule has 0 amide bonds. The molecule has 3 atom stereocenters. The normalized spacial score (nSPS) is 41.3. The fraction of sp³-hybridized carbons (Fsp3) is 0.700. The van der Waals surface area contributed by atoms with Crippen LogP contribution in [0, 0.1) is 5.92 Å². The molecule has 22 heavy (non-hydrogen) atoms. The van der Waals surface area contributed by atoms with Crippen molar-refractivity contribution in [2.24, 2.45) is 5.92 Å². The smallest absolute Gasteiger partial charge is 0.0948 e. The molecule has 2 rings (SSSR count). The molecule has 0 spiro atoms. The molecule has 0 bridgehead atoms. The maximum absolute atomic E-state index is 10.7. The fourth-order valence-electron chi connectivity index (χ4n) is 3.35. The van der Waals surface area contributed by atoms with Crippen molar-refractivity contribution in [3.8, 4) is 0 Å². The molecule has 1 aliphatic carbocycles. The largest absolute Gasteiger partial charge is 0.389 e. The molecule has 1 aliphatic heterocycles. The van der Waals surface area contributed by atoms with Gasteiger partial charge in [0.25, 0.3) is 0 Å². The first-order valence-electron chi connectivity index (χ1n) is 8.70. The van der Waals surface area contributed by atoms with Gasteiger partial charge in [0, 0.05) is 6.42 Å². The Morgan fingerprint density at radius 3 is 2.59 bits per heavy atom. The van der Waals surface area contributed by atoms with Crippen molar-refractivity contribution in [1.29, 1.82) is 0 Å². The first-order chi connectivity index (χ1) is 10.3. The summed E-state index contributed by atoms with van der Waals surface area (Å²) in [6.07, 6.45) is 11.7. The average Bonchev–Trinajstić information content (AvgIpc) is 3.05. The number of fused-ring (bicyclic) bond motifs is 1. The summed E-state index contributed by atoms with van der Waals surface area (Å²) in [5.74, 6) is 0.356. The van der Waals surface area contributed by atoms with Crippen LogP contribution in [0.1, 0.15) is 66.7 Å². The van der Waals surface area contributed by atoms with Crippen molar-refractivity contribution in [1.82, 2.24) is 0 Å². The van der Waals surface area contributed by atoms with Gasteiger partial charge >= 0.3 is 0 Å². The summed E-state index contributed by atoms with van der Waals surface area (Å²) >= 11 is 0. The third-order valence-corrected chi connectivity index (χ3v) is 5.08. The van der Waals surface area contributed by atoms with E-state index >= 15 is 0 Å². The first kappa shape index (κ1) is 17.5. The molecule has 1 saturated heterocycles. The van der Waals surface area contributed by atoms with Gasteiger partial charge in [0.2, 0.25) is 0 Å². The highest BCUT2D eigenvalue weighted by Crippen LogP contribution is 2.44. The molecule has 2 nitrogen and oxygen atoms in total. The van der Waals surface area contributed by atoms with E-state index in [1.165, 1.54) is 11.1 Å². The van der Waals surface area contributed by atoms with Gasteiger partial charge in [0.15, 0.2) is 0 Å². The molecular formula is C20H32O2. The van der Waals surface area contributed by atoms with Crippen LogP contribution in [0.2, 0.25) is 0 Å². The van der Waals surface area contributed by atoms with Crippen LogP contribution in [-0.2, 0) is 4.74 Å². The highest BCUT2D eigenvalue weighted by atomic mass is 16.6. The highest BCUT2D eigenvalue weighted by molar-refractivity contribution is 5.23. The van der Waals surface area contributed by atoms with Crippen LogP contribution in [0.25, 0.3) is 0 Å². The molecule has 1 heterocycles. The Kier molecular flexibility index (Phi) is 5.68. The molecule has 2 aliphatic rings. The fourth-order valence-corrected chi connectivity index (χ4v) is 3.35. The maximum atomic E-state index is 10.7. The minimum absolute atomic E-state index is 0.142. The summed E-state index contributed by atoms with van der Waals surface area (Å²) in [6.45, 7) is 10.8. The molecule has 0 aromatic rings. The molecule has 1 fully saturated rings. The number of aliphatic hydroxyl groups excluding tert-OH is 1. The molecule has 0 radical (unpaired) electrons. The predicted octanol–water partition coefficient (Wildman–Crippen LogP) is 4.94. The van der Waals surface area contributed by atoms with Gasteiger partial charge in [-0.05, 0) is 57.9 Å². The molecule has 0 aromatic carbocycles. The Bertz CT molecular complexity index is 484. The molecular weight excluding hydrogens is 272 g/mol. The number of aliphatic hydroxyl groups is 1. The van der Waals surface area contributed by atoms with Gasteiger partial charge < -0.3 is 9.84 Å². The van der Waals surface area contributed by atoms with Crippen molar-refractivity contribution in [2.75, 3.05) is 0 Å². The zero-order valence-corrected chi connectivity index (χ0v) is 14.9. The lowest BCUT2D eigenvalue weighted by Gasteiger charge is -2.20. The van der Waals surface area contributed by atoms with E-state index in [0.29, 0.717) is 18.4 Å². The quantitative estimate of drug-likeness (QED) is 0.549. The molecule has 124 valence electrons. The van der Waals surface area contributed by atoms with E-state index in [1.54, 1.807) is 0 Å². The summed E-state index contributed by atoms with van der Waals surface area (Å²) in [5, 5.41) is 10.7. The van der Waals surface area contributed by atoms with Gasteiger partial charge in [0.05, 0.1) is 17.8 Å². The van der Waals surface area contributed by atoms with Crippen LogP contribution in [0.5, 0.6) is 0 Å². The average molecular weight is 304 g/mol. The number of ether oxygens (including phenoxy) is 1. The third kappa shape index (κ3) is 4.57. The number of hydrogen-bond acceptors (Lipinski definition) is 2. The maximum Gasteiger partial charge on any atom is 0.0948 e. The second-order valence-corrected chi connectivity index (χ2v) is 7.60. The van der Waals surface area contributed by atoms with Crippen molar-refractivity contribution in [3.05, 3.63) is 34.9 Å². The summed E-state index contributed by atoms with van der Waals surface area (Å²) in [5.41, 5.74) is 3.81. The van der Waals surface area contributed by atoms with Gasteiger partial charge in [-0.15, -0.1) is 0 Å². The topological polar surface area (TPSA) is 32.8 Å². The van der Waals surface area contributed by atoms with Gasteiger partial charge in [0.1, 0.15) is 0 Å². The van der Waals surface area contributed by atoms with Crippen LogP contribution in [0.3, 0.4) is 0 Å². The molecule has 0 aromatic heterocycles. The first-order valence-corrected chi connectivity index (χ1v) is 8.70. The summed E-state index contributed by atoms with van der Waals surface area (Å²) in [6, 6.07) is 0. The monoisotopic (exact) mass is 304 g/mol. The van der Waals surface area contributed by atoms with Crippen LogP contribution < -0.4 is 0 Å². The Morgan fingerprint density at radius 1 is 1.18 bits per heavy atom. The van der Waals surface area contributed by atoms with Gasteiger partial charge in [-0.1, -0.05) is 43.2 Å². The number of hydrogen-bond donors (Lipinski definition) is 1. The van der Waals surface area contributed by atoms with Gasteiger partial charge in [-0.3, -0.25) is 0 Å². The van der Waals surface area contributed by atoms with Crippen molar-refractivity contribution >= 4 is 0 Å². The zero-order chi connectivity index (χ0) is 16.3. The van der Waals surface area contributed by atoms with E-state index in [-0.39, 0.29) is 5.60 Å². The summed E-state index contributed by atoms with van der Waals surface area (Å²) in [4.78, 5) is 0. The van der Waals surface area contributed by atoms with Crippen molar-refractivity contribution < 1.29 is 9.84 Å². The van der Waals surface area contributed by atoms with Crippen LogP contribution in [0.4, 0.5) is 0 Å². The van der Waals surface area contributed by atoms with Gasteiger partial charge in [-0.25, -0.2) is 0 Å². The summed E-state index contributed by atoms with van der Waals surface area (Å²) in [7, 11) is 0. The number of epoxide rings is 1. The van der Waals surface area contributed by atoms with E-state index in [4.69, 9.17) is 4.74 Å². The second kappa shape index (κ2) is 7.14. The van der Waals surface area contributed by atoms with Crippen LogP contribution >= 0.6 is 0 Å². The van der Waals surface area contributed by atoms with Crippen LogP contribution in [0.15, 0.2) is 34.9 Å². The van der Waals surface area contributed by atoms with Crippen molar-refractivity contribution in [2.45, 2.75) is 84.5 Å². The lowest BCUT2D eigenvalue weighted by atomic mass is 9.88. The standard InChI is InChI=1S/C20H32O2/c1-14(2)17-11-9-15(3)7-6-8-16(4)10-12-19-20(5,22-19)13-18(17)21/h8-9,11,14,18-19,21H,6-7,10,12-13H2,1-5H3/b15-9+,16-8+,17-11+/t18-,19-,20-/m0/s1. The van der Waals surface area contributed by atoms with E-state index in [9.17, 15) is 5.11 Å². The third-order valence-electron chi connectivity index (χ3n) is 5.08. The number of allylic oxidation sites excluding steroid dienone is 5. The van der Waals surface area contributed by atoms with Gasteiger partial charge in [-0.2, -0.15) is 0 Å². The highest BCUT2D eigenvalue weighted by Gasteiger charge is 2.52. The lowest BCUT2D eigenvalue weighted by molar-refractivity contribution is 0.151. The predicted molar refractivity (Wildman–Crippen MR) is 92.8 cm³/mol. The van der Waals surface area contributed by atoms with E-state index in [0.717, 1.165) is 31.3 Å². The minimum Gasteiger partial charge on any atom is -0.389 e. The minimum atomic E-state index is -0.404. The molecule has 2 heteroatoms. The summed E-state index contributed by atoms with van der Waals surface area (Å²) < 4.78 is 5.92. The van der Waals surface area contributed by atoms with E-state index < -0.39 is 6.10 Å². The Balaban J connectivity index is 2.21. The van der Waals surface area contributed by atoms with Crippen LogP contribution in [-0.4, -0.2) is 22.9 Å². The van der Waals surface area contributed by atoms with E-state index in [1.807, 2.05) is 0 Å². The Hall–Kier alpha value is -0.860. The number of rotatable bonds is 1. The second-order valence-electron chi connectivity index (χ2n) is 7.60. The van der Waals surface area contributed by atoms with Crippen molar-refractivity contribution in [3.63, 3.8) is 0 Å².